The first-order valence-electron chi connectivity index (χ1n) is 2.48. The molecule has 0 saturated heterocycles. The van der Waals surface area contributed by atoms with Gasteiger partial charge in [0.15, 0.2) is 0 Å². The molecule has 0 spiro atoms. The normalized spacial score (nSPS) is 18.9. The minimum absolute atomic E-state index is 0.892. The van der Waals surface area contributed by atoms with Crippen LogP contribution in [-0.2, 0) is 0 Å². The van der Waals surface area contributed by atoms with Gasteiger partial charge >= 0.3 is 0 Å². The maximum atomic E-state index is 4.09. The third-order valence-electron chi connectivity index (χ3n) is 0.840. The van der Waals surface area contributed by atoms with E-state index in [2.05, 4.69) is 32.9 Å². The van der Waals surface area contributed by atoms with Crippen LogP contribution in [0.15, 0.2) is 14.8 Å². The fourth-order valence-electron chi connectivity index (χ4n) is 0.488. The van der Waals surface area contributed by atoms with Crippen LogP contribution < -0.4 is 5.32 Å². The van der Waals surface area contributed by atoms with E-state index in [9.17, 15) is 0 Å². The zero-order valence-corrected chi connectivity index (χ0v) is 6.55. The molecule has 1 heterocycles. The van der Waals surface area contributed by atoms with E-state index < -0.39 is 0 Å². The molecule has 0 aromatic heterocycles. The van der Waals surface area contributed by atoms with E-state index in [1.165, 1.54) is 3.58 Å². The first-order chi connectivity index (χ1) is 3.89. The Labute approximate surface area is 62.2 Å². The van der Waals surface area contributed by atoms with E-state index in [0.29, 0.717) is 0 Å². The summed E-state index contributed by atoms with van der Waals surface area (Å²) in [6.07, 6.45) is 3.84. The number of hydrogen-bond donors (Lipinski definition) is 1. The lowest BCUT2D eigenvalue weighted by atomic mass is 10.6. The van der Waals surface area contributed by atoms with Crippen LogP contribution in [0.4, 0.5) is 0 Å². The molecule has 0 amide bonds. The van der Waals surface area contributed by atoms with E-state index in [4.69, 9.17) is 0 Å². The average molecular weight is 222 g/mol. The molecule has 0 unspecified atom stereocenters. The number of nitrogens with zero attached hydrogens (tertiary/aromatic N) is 1. The predicted molar refractivity (Wildman–Crippen MR) is 43.5 cm³/mol. The monoisotopic (exact) mass is 222 g/mol. The highest BCUT2D eigenvalue weighted by Crippen LogP contribution is 2.00. The molecule has 1 aliphatic rings. The summed E-state index contributed by atoms with van der Waals surface area (Å²) in [6.45, 7) is 1.85. The molecule has 0 fully saturated rings. The van der Waals surface area contributed by atoms with Crippen LogP contribution in [-0.4, -0.2) is 19.3 Å². The van der Waals surface area contributed by atoms with Crippen LogP contribution in [0.3, 0.4) is 0 Å². The second-order valence-corrected chi connectivity index (χ2v) is 2.76. The van der Waals surface area contributed by atoms with Gasteiger partial charge in [-0.3, -0.25) is 4.99 Å². The summed E-state index contributed by atoms with van der Waals surface area (Å²) in [5.74, 6) is 0. The van der Waals surface area contributed by atoms with Gasteiger partial charge in [-0.25, -0.2) is 0 Å². The van der Waals surface area contributed by atoms with Gasteiger partial charge in [0.25, 0.3) is 0 Å². The van der Waals surface area contributed by atoms with Gasteiger partial charge in [-0.1, -0.05) is 0 Å². The lowest BCUT2D eigenvalue weighted by Gasteiger charge is -1.89. The summed E-state index contributed by atoms with van der Waals surface area (Å²) in [6, 6.07) is 0. The molecule has 2 nitrogen and oxygen atoms in total. The van der Waals surface area contributed by atoms with Crippen LogP contribution >= 0.6 is 22.6 Å². The van der Waals surface area contributed by atoms with E-state index in [-0.39, 0.29) is 0 Å². The second kappa shape index (κ2) is 3.06. The van der Waals surface area contributed by atoms with Gasteiger partial charge in [0.05, 0.1) is 6.54 Å². The minimum Gasteiger partial charge on any atom is -0.388 e. The standard InChI is InChI=1S/C5H7IN2/c6-5-3-7-1-2-8-4-5/h3-4,7H,1-2H2. The molecule has 1 rings (SSSR count). The summed E-state index contributed by atoms with van der Waals surface area (Å²) in [5.41, 5.74) is 0. The number of allylic oxidation sites excluding steroid dienone is 1. The largest absolute Gasteiger partial charge is 0.388 e. The molecule has 0 atom stereocenters. The summed E-state index contributed by atoms with van der Waals surface area (Å²) in [7, 11) is 0. The fourth-order valence-corrected chi connectivity index (χ4v) is 0.905. The van der Waals surface area contributed by atoms with Gasteiger partial charge in [0.2, 0.25) is 0 Å². The Balaban J connectivity index is 2.55. The molecule has 8 heavy (non-hydrogen) atoms. The number of rotatable bonds is 0. The van der Waals surface area contributed by atoms with Crippen LogP contribution in [0.2, 0.25) is 0 Å². The first kappa shape index (κ1) is 6.07. The smallest absolute Gasteiger partial charge is 0.0562 e. The molecule has 0 radical (unpaired) electrons. The summed E-state index contributed by atoms with van der Waals surface area (Å²) in [5, 5.41) is 3.10. The number of aliphatic imine (C=N–C) groups is 1. The van der Waals surface area contributed by atoms with Crippen molar-refractivity contribution >= 4 is 28.8 Å². The van der Waals surface area contributed by atoms with E-state index in [1.807, 2.05) is 12.4 Å². The van der Waals surface area contributed by atoms with Crippen molar-refractivity contribution in [3.05, 3.63) is 9.78 Å². The zero-order chi connectivity index (χ0) is 5.82. The second-order valence-electron chi connectivity index (χ2n) is 1.52. The summed E-state index contributed by atoms with van der Waals surface area (Å²) in [4.78, 5) is 4.09. The molecule has 0 aromatic carbocycles. The Kier molecular flexibility index (Phi) is 2.32. The van der Waals surface area contributed by atoms with Crippen molar-refractivity contribution in [1.29, 1.82) is 0 Å². The fraction of sp³-hybridized carbons (Fsp3) is 0.400. The number of halogens is 1. The molecule has 0 bridgehead atoms. The Morgan fingerprint density at radius 3 is 3.50 bits per heavy atom. The van der Waals surface area contributed by atoms with Crippen molar-refractivity contribution in [1.82, 2.24) is 5.32 Å². The Morgan fingerprint density at radius 2 is 2.62 bits per heavy atom. The van der Waals surface area contributed by atoms with Crippen LogP contribution in [0.5, 0.6) is 0 Å². The van der Waals surface area contributed by atoms with E-state index in [0.717, 1.165) is 13.1 Å². The van der Waals surface area contributed by atoms with Gasteiger partial charge in [-0.15, -0.1) is 0 Å². The lowest BCUT2D eigenvalue weighted by molar-refractivity contribution is 0.854. The minimum atomic E-state index is 0.892. The maximum Gasteiger partial charge on any atom is 0.0562 e. The predicted octanol–water partition coefficient (Wildman–Crippen LogP) is 0.937. The number of nitrogens with one attached hydrogen (secondary N) is 1. The van der Waals surface area contributed by atoms with Gasteiger partial charge in [-0.05, 0) is 22.6 Å². The Hall–Kier alpha value is -0.0600. The van der Waals surface area contributed by atoms with Crippen LogP contribution in [0.25, 0.3) is 0 Å². The zero-order valence-electron chi connectivity index (χ0n) is 4.39. The van der Waals surface area contributed by atoms with E-state index >= 15 is 0 Å². The third-order valence-corrected chi connectivity index (χ3v) is 1.43. The van der Waals surface area contributed by atoms with Crippen molar-refractivity contribution < 1.29 is 0 Å². The van der Waals surface area contributed by atoms with Crippen molar-refractivity contribution in [2.75, 3.05) is 13.1 Å². The van der Waals surface area contributed by atoms with Gasteiger partial charge in [0.1, 0.15) is 0 Å². The first-order valence-corrected chi connectivity index (χ1v) is 3.56. The summed E-state index contributed by atoms with van der Waals surface area (Å²) >= 11 is 2.23. The number of hydrogen-bond acceptors (Lipinski definition) is 2. The maximum absolute atomic E-state index is 4.09. The topological polar surface area (TPSA) is 24.4 Å². The van der Waals surface area contributed by atoms with E-state index in [1.54, 1.807) is 0 Å². The summed E-state index contributed by atoms with van der Waals surface area (Å²) < 4.78 is 1.17. The van der Waals surface area contributed by atoms with Crippen molar-refractivity contribution in [2.45, 2.75) is 0 Å². The van der Waals surface area contributed by atoms with Gasteiger partial charge in [-0.2, -0.15) is 0 Å². The highest BCUT2D eigenvalue weighted by molar-refractivity contribution is 14.1. The average Bonchev–Trinajstić information content (AvgIpc) is 1.94. The molecule has 0 aliphatic carbocycles. The Bertz CT molecular complexity index is 128. The van der Waals surface area contributed by atoms with Gasteiger partial charge < -0.3 is 5.32 Å². The quantitative estimate of drug-likeness (QED) is 0.606. The molecule has 0 aromatic rings. The Morgan fingerprint density at radius 1 is 1.75 bits per heavy atom. The molecule has 1 N–H and O–H groups in total. The van der Waals surface area contributed by atoms with Crippen LogP contribution in [0, 0.1) is 0 Å². The van der Waals surface area contributed by atoms with Crippen LogP contribution in [0.1, 0.15) is 0 Å². The highest BCUT2D eigenvalue weighted by atomic mass is 127. The lowest BCUT2D eigenvalue weighted by Crippen LogP contribution is -2.07. The van der Waals surface area contributed by atoms with Crippen molar-refractivity contribution in [2.24, 2.45) is 4.99 Å². The SMILES string of the molecule is IC1=CNCCN=C1. The van der Waals surface area contributed by atoms with Crippen molar-refractivity contribution in [3.63, 3.8) is 0 Å². The van der Waals surface area contributed by atoms with Crippen molar-refractivity contribution in [3.8, 4) is 0 Å². The molecule has 3 heteroatoms. The third kappa shape index (κ3) is 1.81. The van der Waals surface area contributed by atoms with Gasteiger partial charge in [0, 0.05) is 22.5 Å². The molecular weight excluding hydrogens is 215 g/mol. The molecule has 44 valence electrons. The molecular formula is C5H7IN2. The highest BCUT2D eigenvalue weighted by Gasteiger charge is 1.88. The molecule has 0 saturated carbocycles. The molecule has 1 aliphatic heterocycles.